The maximum atomic E-state index is 12.6. The summed E-state index contributed by atoms with van der Waals surface area (Å²) in [5, 5.41) is 22.2. The van der Waals surface area contributed by atoms with E-state index in [1.807, 2.05) is 26.8 Å². The van der Waals surface area contributed by atoms with Crippen LogP contribution in [0.1, 0.15) is 56.0 Å². The Kier molecular flexibility index (Phi) is 21.3. The van der Waals surface area contributed by atoms with E-state index in [9.17, 15) is 14.4 Å². The molecule has 0 saturated heterocycles. The first-order valence-electron chi connectivity index (χ1n) is 13.5. The summed E-state index contributed by atoms with van der Waals surface area (Å²) < 4.78 is 21.7. The zero-order chi connectivity index (χ0) is 30.3. The predicted molar refractivity (Wildman–Crippen MR) is 154 cm³/mol. The molecule has 0 fully saturated rings. The van der Waals surface area contributed by atoms with Gasteiger partial charge in [-0.15, -0.1) is 0 Å². The molecule has 11 nitrogen and oxygen atoms in total. The van der Waals surface area contributed by atoms with Gasteiger partial charge in [0.2, 0.25) is 11.7 Å². The quantitative estimate of drug-likeness (QED) is 0.0540. The number of hydrogen-bond donors (Lipinski definition) is 4. The van der Waals surface area contributed by atoms with Crippen LogP contribution >= 0.6 is 0 Å². The Morgan fingerprint density at radius 1 is 1.00 bits per heavy atom. The molecule has 228 valence electrons. The number of aryl methyl sites for hydroxylation is 1. The molecule has 1 amide bonds. The van der Waals surface area contributed by atoms with Crippen LogP contribution in [0.5, 0.6) is 0 Å². The number of carboxylic acids is 1. The lowest BCUT2D eigenvalue weighted by molar-refractivity contribution is -0.132. The zero-order valence-corrected chi connectivity index (χ0v) is 24.6. The SMILES string of the molecule is C=C(C(=O)O)C(=O)c1cc(CCCOCCOCCC(=O)NC(C)C(C)OCCC)ccc1NCCOC.CO. The smallest absolute Gasteiger partial charge is 0.339 e. The standard InChI is InChI=1S/C28H44N2O8.CH4O/c1-6-13-38-22(4)21(3)30-26(31)11-15-37-18-17-36-14-7-8-23-9-10-25(29-12-16-35-5)24(19-23)27(32)20(2)28(33)34;1-2/h9-10,19,21-22,29H,2,6-8,11-18H2,1,3-5H3,(H,30,31)(H,33,34);2H,1H3. The fraction of sp³-hybridized carbons (Fsp3) is 0.621. The van der Waals surface area contributed by atoms with E-state index in [1.165, 1.54) is 0 Å². The number of carbonyl (C=O) groups is 3. The number of aliphatic hydroxyl groups excluding tert-OH is 1. The van der Waals surface area contributed by atoms with Crippen molar-refractivity contribution in [1.82, 2.24) is 5.32 Å². The minimum atomic E-state index is -1.35. The minimum Gasteiger partial charge on any atom is -0.478 e. The number of methoxy groups -OCH3 is 1. The third-order valence-corrected chi connectivity index (χ3v) is 5.76. The summed E-state index contributed by atoms with van der Waals surface area (Å²) in [5.74, 6) is -2.05. The Bertz CT molecular complexity index is 892. The van der Waals surface area contributed by atoms with Gasteiger partial charge >= 0.3 is 5.97 Å². The van der Waals surface area contributed by atoms with Crippen molar-refractivity contribution in [1.29, 1.82) is 0 Å². The lowest BCUT2D eigenvalue weighted by atomic mass is 9.98. The molecule has 1 rings (SSSR count). The average molecular weight is 569 g/mol. The highest BCUT2D eigenvalue weighted by Gasteiger charge is 2.20. The molecule has 2 atom stereocenters. The molecule has 0 spiro atoms. The first-order chi connectivity index (χ1) is 19.2. The molecular weight excluding hydrogens is 520 g/mol. The van der Waals surface area contributed by atoms with Gasteiger partial charge in [-0.1, -0.05) is 19.6 Å². The van der Waals surface area contributed by atoms with Gasteiger partial charge in [0.25, 0.3) is 0 Å². The number of benzene rings is 1. The van der Waals surface area contributed by atoms with Crippen molar-refractivity contribution in [3.05, 3.63) is 41.5 Å². The molecule has 40 heavy (non-hydrogen) atoms. The van der Waals surface area contributed by atoms with E-state index in [1.54, 1.807) is 19.2 Å². The van der Waals surface area contributed by atoms with E-state index in [4.69, 9.17) is 29.2 Å². The van der Waals surface area contributed by atoms with Gasteiger partial charge in [-0.05, 0) is 50.8 Å². The van der Waals surface area contributed by atoms with Crippen LogP contribution in [0.15, 0.2) is 30.4 Å². The molecule has 1 aromatic carbocycles. The molecule has 0 aliphatic heterocycles. The first kappa shape index (κ1) is 37.2. The van der Waals surface area contributed by atoms with Crippen LogP contribution in [0, 0.1) is 0 Å². The summed E-state index contributed by atoms with van der Waals surface area (Å²) in [6.45, 7) is 12.5. The van der Waals surface area contributed by atoms with E-state index < -0.39 is 17.3 Å². The molecule has 2 unspecified atom stereocenters. The van der Waals surface area contributed by atoms with Crippen molar-refractivity contribution in [2.24, 2.45) is 0 Å². The summed E-state index contributed by atoms with van der Waals surface area (Å²) in [6.07, 6.45) is 2.53. The third-order valence-electron chi connectivity index (χ3n) is 5.76. The zero-order valence-electron chi connectivity index (χ0n) is 24.6. The number of ketones is 1. The van der Waals surface area contributed by atoms with Gasteiger partial charge in [0.1, 0.15) is 5.57 Å². The Morgan fingerprint density at radius 2 is 1.68 bits per heavy atom. The molecule has 1 aromatic rings. The van der Waals surface area contributed by atoms with Gasteiger partial charge in [-0.3, -0.25) is 9.59 Å². The van der Waals surface area contributed by atoms with Gasteiger partial charge in [-0.25, -0.2) is 4.79 Å². The van der Waals surface area contributed by atoms with Crippen molar-refractivity contribution in [2.75, 3.05) is 65.7 Å². The number of aliphatic hydroxyl groups is 1. The van der Waals surface area contributed by atoms with E-state index in [-0.39, 0.29) is 30.0 Å². The predicted octanol–water partition coefficient (Wildman–Crippen LogP) is 2.85. The number of rotatable bonds is 22. The van der Waals surface area contributed by atoms with Crippen LogP contribution in [0.4, 0.5) is 5.69 Å². The second-order valence-corrected chi connectivity index (χ2v) is 8.92. The van der Waals surface area contributed by atoms with Crippen molar-refractivity contribution >= 4 is 23.3 Å². The number of amides is 1. The van der Waals surface area contributed by atoms with Gasteiger partial charge in [0.15, 0.2) is 0 Å². The van der Waals surface area contributed by atoms with Crippen LogP contribution < -0.4 is 10.6 Å². The van der Waals surface area contributed by atoms with Crippen LogP contribution in [0.25, 0.3) is 0 Å². The Labute approximate surface area is 238 Å². The molecular formula is C29H48N2O9. The normalized spacial score (nSPS) is 12.1. The molecule has 0 saturated carbocycles. The van der Waals surface area contributed by atoms with Crippen molar-refractivity contribution in [3.63, 3.8) is 0 Å². The highest BCUT2D eigenvalue weighted by molar-refractivity contribution is 6.25. The Balaban J connectivity index is 0.00000742. The van der Waals surface area contributed by atoms with E-state index in [0.717, 1.165) is 19.1 Å². The van der Waals surface area contributed by atoms with Crippen LogP contribution in [-0.4, -0.2) is 100 Å². The molecule has 0 heterocycles. The van der Waals surface area contributed by atoms with E-state index in [2.05, 4.69) is 17.2 Å². The molecule has 0 aliphatic carbocycles. The summed E-state index contributed by atoms with van der Waals surface area (Å²) in [6, 6.07) is 5.28. The van der Waals surface area contributed by atoms with E-state index >= 15 is 0 Å². The number of ether oxygens (including phenoxy) is 4. The topological polar surface area (TPSA) is 153 Å². The molecule has 0 aromatic heterocycles. The first-order valence-corrected chi connectivity index (χ1v) is 13.5. The minimum absolute atomic E-state index is 0.0417. The lowest BCUT2D eigenvalue weighted by Crippen LogP contribution is -2.41. The molecule has 0 aliphatic rings. The molecule has 0 bridgehead atoms. The summed E-state index contributed by atoms with van der Waals surface area (Å²) >= 11 is 0. The highest BCUT2D eigenvalue weighted by Crippen LogP contribution is 2.22. The summed E-state index contributed by atoms with van der Waals surface area (Å²) in [4.78, 5) is 35.9. The number of aliphatic carboxylic acids is 1. The maximum Gasteiger partial charge on any atom is 0.339 e. The van der Waals surface area contributed by atoms with Crippen LogP contribution in [0.2, 0.25) is 0 Å². The van der Waals surface area contributed by atoms with Crippen LogP contribution in [-0.2, 0) is 35.0 Å². The second-order valence-electron chi connectivity index (χ2n) is 8.92. The van der Waals surface area contributed by atoms with Gasteiger partial charge in [0, 0.05) is 51.6 Å². The summed E-state index contributed by atoms with van der Waals surface area (Å²) in [5.41, 5.74) is 1.21. The molecule has 0 radical (unpaired) electrons. The van der Waals surface area contributed by atoms with Gasteiger partial charge < -0.3 is 39.8 Å². The fourth-order valence-corrected chi connectivity index (χ4v) is 3.39. The summed E-state index contributed by atoms with van der Waals surface area (Å²) in [7, 11) is 2.57. The number of carboxylic acid groups (broad SMARTS) is 1. The van der Waals surface area contributed by atoms with E-state index in [0.29, 0.717) is 64.7 Å². The highest BCUT2D eigenvalue weighted by atomic mass is 16.5. The fourth-order valence-electron chi connectivity index (χ4n) is 3.39. The monoisotopic (exact) mass is 568 g/mol. The van der Waals surface area contributed by atoms with Gasteiger partial charge in [-0.2, -0.15) is 0 Å². The number of Topliss-reactive ketones (excluding diaryl/α,β-unsaturated/α-hetero) is 1. The largest absolute Gasteiger partial charge is 0.478 e. The number of nitrogens with one attached hydrogen (secondary N) is 2. The Morgan fingerprint density at radius 3 is 2.30 bits per heavy atom. The van der Waals surface area contributed by atoms with Crippen molar-refractivity contribution in [2.45, 2.75) is 58.6 Å². The average Bonchev–Trinajstić information content (AvgIpc) is 2.95. The molecule has 11 heteroatoms. The Hall–Kier alpha value is -2.83. The second kappa shape index (κ2) is 22.9. The lowest BCUT2D eigenvalue weighted by Gasteiger charge is -2.21. The third kappa shape index (κ3) is 15.7. The van der Waals surface area contributed by atoms with Crippen LogP contribution in [0.3, 0.4) is 0 Å². The van der Waals surface area contributed by atoms with Crippen molar-refractivity contribution < 1.29 is 43.5 Å². The van der Waals surface area contributed by atoms with Crippen molar-refractivity contribution in [3.8, 4) is 0 Å². The number of anilines is 1. The number of hydrogen-bond acceptors (Lipinski definition) is 9. The maximum absolute atomic E-state index is 12.6. The van der Waals surface area contributed by atoms with Gasteiger partial charge in [0.05, 0.1) is 38.6 Å². The number of carbonyl (C=O) groups excluding carboxylic acids is 2. The molecule has 4 N–H and O–H groups in total.